The van der Waals surface area contributed by atoms with Gasteiger partial charge in [0.1, 0.15) is 4.90 Å². The average molecular weight is 512 g/mol. The Kier molecular flexibility index (Phi) is 6.22. The number of amides is 1. The molecule has 2 aromatic rings. The standard InChI is InChI=1S/C13H13IN4O8S/c1-17-12(25-3)15-18(13(17)21)11(20)16-26-27(22,23)9-6-7(14)4-5-8(9)10(19)24-2/h4-6H,1-3H3,(H,16,20). The first-order valence-corrected chi connectivity index (χ1v) is 9.42. The van der Waals surface area contributed by atoms with Crippen LogP contribution in [-0.2, 0) is 26.2 Å². The zero-order valence-corrected chi connectivity index (χ0v) is 17.1. The molecule has 27 heavy (non-hydrogen) atoms. The van der Waals surface area contributed by atoms with Gasteiger partial charge in [0.25, 0.3) is 0 Å². The van der Waals surface area contributed by atoms with Gasteiger partial charge in [-0.25, -0.2) is 19.0 Å². The number of methoxy groups -OCH3 is 2. The van der Waals surface area contributed by atoms with Crippen molar-refractivity contribution in [2.75, 3.05) is 14.2 Å². The van der Waals surface area contributed by atoms with Gasteiger partial charge in [0.2, 0.25) is 0 Å². The van der Waals surface area contributed by atoms with E-state index in [0.717, 1.165) is 17.7 Å². The summed E-state index contributed by atoms with van der Waals surface area (Å²) in [6.07, 6.45) is 0. The molecule has 0 aliphatic heterocycles. The number of rotatable bonds is 5. The Labute approximate surface area is 166 Å². The first-order valence-electron chi connectivity index (χ1n) is 6.94. The fraction of sp³-hybridized carbons (Fsp3) is 0.231. The van der Waals surface area contributed by atoms with E-state index in [0.29, 0.717) is 8.25 Å². The maximum Gasteiger partial charge on any atom is 0.371 e. The van der Waals surface area contributed by atoms with E-state index in [9.17, 15) is 22.8 Å². The molecule has 0 unspecified atom stereocenters. The van der Waals surface area contributed by atoms with Crippen LogP contribution in [0.25, 0.3) is 0 Å². The summed E-state index contributed by atoms with van der Waals surface area (Å²) in [5.74, 6) is -0.911. The van der Waals surface area contributed by atoms with E-state index in [-0.39, 0.29) is 11.6 Å². The highest BCUT2D eigenvalue weighted by atomic mass is 127. The van der Waals surface area contributed by atoms with Crippen LogP contribution in [-0.4, -0.2) is 49.0 Å². The maximum atomic E-state index is 12.4. The van der Waals surface area contributed by atoms with Crippen LogP contribution in [0.4, 0.5) is 4.79 Å². The highest BCUT2D eigenvalue weighted by Crippen LogP contribution is 2.21. The Bertz CT molecular complexity index is 1060. The van der Waals surface area contributed by atoms with E-state index in [1.807, 2.05) is 22.6 Å². The molecular formula is C13H13IN4O8S. The lowest BCUT2D eigenvalue weighted by molar-refractivity contribution is 0.0595. The van der Waals surface area contributed by atoms with Crippen molar-refractivity contribution in [1.29, 1.82) is 0 Å². The van der Waals surface area contributed by atoms with Gasteiger partial charge in [-0.05, 0) is 40.8 Å². The Morgan fingerprint density at radius 2 is 1.93 bits per heavy atom. The summed E-state index contributed by atoms with van der Waals surface area (Å²) >= 11 is 1.83. The molecule has 1 amide bonds. The van der Waals surface area contributed by atoms with E-state index in [4.69, 9.17) is 4.74 Å². The molecule has 0 aliphatic rings. The van der Waals surface area contributed by atoms with Crippen LogP contribution in [0, 0.1) is 3.57 Å². The second kappa shape index (κ2) is 8.05. The molecule has 146 valence electrons. The third-order valence-electron chi connectivity index (χ3n) is 3.17. The zero-order valence-electron chi connectivity index (χ0n) is 14.1. The van der Waals surface area contributed by atoms with Gasteiger partial charge in [-0.3, -0.25) is 0 Å². The molecule has 0 radical (unpaired) electrons. The molecule has 0 spiro atoms. The molecule has 0 saturated carbocycles. The van der Waals surface area contributed by atoms with Crippen LogP contribution in [0.3, 0.4) is 0 Å². The maximum absolute atomic E-state index is 12.4. The second-order valence-electron chi connectivity index (χ2n) is 4.82. The molecule has 2 rings (SSSR count). The van der Waals surface area contributed by atoms with E-state index >= 15 is 0 Å². The van der Waals surface area contributed by atoms with Crippen LogP contribution in [0.1, 0.15) is 10.4 Å². The molecule has 1 aromatic heterocycles. The van der Waals surface area contributed by atoms with Gasteiger partial charge in [-0.1, -0.05) is 0 Å². The second-order valence-corrected chi connectivity index (χ2v) is 7.58. The van der Waals surface area contributed by atoms with Gasteiger partial charge in [0, 0.05) is 10.6 Å². The van der Waals surface area contributed by atoms with Crippen molar-refractivity contribution in [3.63, 3.8) is 0 Å². The lowest BCUT2D eigenvalue weighted by atomic mass is 10.2. The van der Waals surface area contributed by atoms with Crippen molar-refractivity contribution in [3.8, 4) is 6.01 Å². The number of esters is 1. The predicted octanol–water partition coefficient (Wildman–Crippen LogP) is -0.140. The summed E-state index contributed by atoms with van der Waals surface area (Å²) in [5, 5.41) is 3.56. The van der Waals surface area contributed by atoms with E-state index in [1.165, 1.54) is 26.3 Å². The van der Waals surface area contributed by atoms with E-state index < -0.39 is 32.7 Å². The number of benzene rings is 1. The Balaban J connectivity index is 2.30. The lowest BCUT2D eigenvalue weighted by Crippen LogP contribution is -2.38. The number of carbonyl (C=O) groups is 2. The van der Waals surface area contributed by atoms with Crippen molar-refractivity contribution in [1.82, 2.24) is 19.8 Å². The molecule has 0 fully saturated rings. The summed E-state index contributed by atoms with van der Waals surface area (Å²) in [7, 11) is -1.00. The van der Waals surface area contributed by atoms with Gasteiger partial charge in [-0.2, -0.15) is 13.9 Å². The van der Waals surface area contributed by atoms with Gasteiger partial charge in [-0.15, -0.1) is 14.1 Å². The zero-order chi connectivity index (χ0) is 20.4. The highest BCUT2D eigenvalue weighted by Gasteiger charge is 2.27. The normalized spacial score (nSPS) is 11.1. The Morgan fingerprint density at radius 1 is 1.26 bits per heavy atom. The van der Waals surface area contributed by atoms with Gasteiger partial charge < -0.3 is 9.47 Å². The molecule has 1 aromatic carbocycles. The highest BCUT2D eigenvalue weighted by molar-refractivity contribution is 14.1. The molecule has 0 aliphatic carbocycles. The molecule has 0 atom stereocenters. The fourth-order valence-corrected chi connectivity index (χ4v) is 3.55. The number of hydrogen-bond donors (Lipinski definition) is 1. The van der Waals surface area contributed by atoms with E-state index in [1.54, 1.807) is 5.48 Å². The number of nitrogens with zero attached hydrogens (tertiary/aromatic N) is 3. The molecule has 0 bridgehead atoms. The lowest BCUT2D eigenvalue weighted by Gasteiger charge is -2.10. The smallest absolute Gasteiger partial charge is 0.371 e. The minimum Gasteiger partial charge on any atom is -0.467 e. The van der Waals surface area contributed by atoms with Crippen LogP contribution in [0.15, 0.2) is 27.9 Å². The van der Waals surface area contributed by atoms with Gasteiger partial charge in [0.15, 0.2) is 0 Å². The summed E-state index contributed by atoms with van der Waals surface area (Å²) < 4.78 is 40.3. The van der Waals surface area contributed by atoms with Crippen molar-refractivity contribution < 1.29 is 31.8 Å². The van der Waals surface area contributed by atoms with Gasteiger partial charge >= 0.3 is 33.8 Å². The summed E-state index contributed by atoms with van der Waals surface area (Å²) in [6, 6.07) is 2.42. The average Bonchev–Trinajstić information content (AvgIpc) is 2.93. The number of ether oxygens (including phenoxy) is 2. The Morgan fingerprint density at radius 3 is 2.48 bits per heavy atom. The number of halogens is 1. The molecule has 0 saturated heterocycles. The number of nitrogens with one attached hydrogen (secondary N) is 1. The number of hydroxylamine groups is 1. The number of hydrogen-bond acceptors (Lipinski definition) is 9. The number of carbonyl (C=O) groups excluding carboxylic acids is 2. The molecule has 1 heterocycles. The van der Waals surface area contributed by atoms with Crippen LogP contribution < -0.4 is 15.9 Å². The SMILES string of the molecule is COC(=O)c1ccc(I)cc1S(=O)(=O)ONC(=O)n1nc(OC)n(C)c1=O. The van der Waals surface area contributed by atoms with Crippen LogP contribution in [0.5, 0.6) is 6.01 Å². The minimum atomic E-state index is -4.61. The molecule has 12 nitrogen and oxygen atoms in total. The first kappa shape index (κ1) is 20.8. The minimum absolute atomic E-state index is 0.177. The van der Waals surface area contributed by atoms with Gasteiger partial charge in [0.05, 0.1) is 19.8 Å². The third-order valence-corrected chi connectivity index (χ3v) is 5.02. The van der Waals surface area contributed by atoms with Crippen LogP contribution in [0.2, 0.25) is 0 Å². The summed E-state index contributed by atoms with van der Waals surface area (Å²) in [5.41, 5.74) is 0.415. The molecule has 14 heteroatoms. The molecular weight excluding hydrogens is 499 g/mol. The van der Waals surface area contributed by atoms with Crippen molar-refractivity contribution in [2.45, 2.75) is 4.90 Å². The summed E-state index contributed by atoms with van der Waals surface area (Å²) in [6.45, 7) is 0. The Hall–Kier alpha value is -2.46. The van der Waals surface area contributed by atoms with Crippen molar-refractivity contribution >= 4 is 44.7 Å². The van der Waals surface area contributed by atoms with E-state index in [2.05, 4.69) is 14.1 Å². The van der Waals surface area contributed by atoms with Crippen molar-refractivity contribution in [3.05, 3.63) is 37.8 Å². The van der Waals surface area contributed by atoms with Crippen molar-refractivity contribution in [2.24, 2.45) is 7.05 Å². The first-order chi connectivity index (χ1) is 12.6. The number of aromatic nitrogens is 3. The summed E-state index contributed by atoms with van der Waals surface area (Å²) in [4.78, 5) is 35.1. The predicted molar refractivity (Wildman–Crippen MR) is 96.7 cm³/mol. The molecule has 1 N–H and O–H groups in total. The quantitative estimate of drug-likeness (QED) is 0.328. The fourth-order valence-electron chi connectivity index (χ4n) is 1.89. The monoisotopic (exact) mass is 512 g/mol. The topological polar surface area (TPSA) is 148 Å². The van der Waals surface area contributed by atoms with Crippen LogP contribution >= 0.6 is 22.6 Å². The largest absolute Gasteiger partial charge is 0.467 e. The third kappa shape index (κ3) is 4.28.